The van der Waals surface area contributed by atoms with E-state index >= 15 is 0 Å². The summed E-state index contributed by atoms with van der Waals surface area (Å²) in [4.78, 5) is 19.4. The van der Waals surface area contributed by atoms with E-state index in [0.29, 0.717) is 6.04 Å². The molecule has 0 bridgehead atoms. The van der Waals surface area contributed by atoms with Crippen LogP contribution in [0.15, 0.2) is 36.7 Å². The van der Waals surface area contributed by atoms with Crippen LogP contribution in [-0.2, 0) is 11.2 Å². The molecule has 0 N–H and O–H groups in total. The van der Waals surface area contributed by atoms with Crippen molar-refractivity contribution in [3.63, 3.8) is 0 Å². The number of hydrogen-bond acceptors (Lipinski definition) is 2. The van der Waals surface area contributed by atoms with Crippen molar-refractivity contribution in [1.82, 2.24) is 14.5 Å². The normalized spacial score (nSPS) is 25.8. The summed E-state index contributed by atoms with van der Waals surface area (Å²) < 4.78 is 15.3. The zero-order valence-electron chi connectivity index (χ0n) is 14.6. The Morgan fingerprint density at radius 2 is 2.12 bits per heavy atom. The maximum Gasteiger partial charge on any atom is 0.226 e. The topological polar surface area (TPSA) is 38.1 Å². The molecular formula is C20H24FN3O. The Morgan fingerprint density at radius 3 is 2.88 bits per heavy atom. The maximum atomic E-state index is 13.1. The number of hydrogen-bond donors (Lipinski definition) is 0. The Hall–Kier alpha value is -2.17. The van der Waals surface area contributed by atoms with Gasteiger partial charge in [0.2, 0.25) is 5.91 Å². The molecule has 4 nitrogen and oxygen atoms in total. The minimum Gasteiger partial charge on any atom is -0.340 e. The Morgan fingerprint density at radius 1 is 1.32 bits per heavy atom. The number of rotatable bonds is 4. The molecule has 0 radical (unpaired) electrons. The molecule has 1 amide bonds. The number of piperidine rings is 1. The highest BCUT2D eigenvalue weighted by Gasteiger charge is 2.46. The van der Waals surface area contributed by atoms with Gasteiger partial charge in [-0.3, -0.25) is 4.79 Å². The van der Waals surface area contributed by atoms with Crippen molar-refractivity contribution in [2.24, 2.45) is 5.92 Å². The van der Waals surface area contributed by atoms with Gasteiger partial charge in [-0.25, -0.2) is 9.37 Å². The SMILES string of the molecule is CCc1nccn1[C@@H]1CCCN(C(=O)[C@@H]2C[C@H]2c2ccc(F)cc2)C1. The van der Waals surface area contributed by atoms with Crippen LogP contribution in [0.3, 0.4) is 0 Å². The number of nitrogens with zero attached hydrogens (tertiary/aromatic N) is 3. The highest BCUT2D eigenvalue weighted by molar-refractivity contribution is 5.83. The van der Waals surface area contributed by atoms with Gasteiger partial charge in [0.15, 0.2) is 0 Å². The van der Waals surface area contributed by atoms with Crippen LogP contribution in [-0.4, -0.2) is 33.4 Å². The summed E-state index contributed by atoms with van der Waals surface area (Å²) in [6.45, 7) is 3.73. The van der Waals surface area contributed by atoms with Gasteiger partial charge >= 0.3 is 0 Å². The first-order valence-corrected chi connectivity index (χ1v) is 9.23. The molecule has 5 heteroatoms. The second-order valence-electron chi connectivity index (χ2n) is 7.18. The van der Waals surface area contributed by atoms with Crippen molar-refractivity contribution < 1.29 is 9.18 Å². The Balaban J connectivity index is 1.42. The van der Waals surface area contributed by atoms with E-state index in [9.17, 15) is 9.18 Å². The Labute approximate surface area is 147 Å². The average Bonchev–Trinajstić information content (AvgIpc) is 3.29. The van der Waals surface area contributed by atoms with E-state index < -0.39 is 0 Å². The summed E-state index contributed by atoms with van der Waals surface area (Å²) in [5.74, 6) is 1.45. The number of amides is 1. The van der Waals surface area contributed by atoms with Crippen molar-refractivity contribution >= 4 is 5.91 Å². The van der Waals surface area contributed by atoms with Crippen molar-refractivity contribution in [2.75, 3.05) is 13.1 Å². The second-order valence-corrected chi connectivity index (χ2v) is 7.18. The van der Waals surface area contributed by atoms with Gasteiger partial charge in [-0.15, -0.1) is 0 Å². The van der Waals surface area contributed by atoms with E-state index in [1.54, 1.807) is 0 Å². The third-order valence-corrected chi connectivity index (χ3v) is 5.57. The third kappa shape index (κ3) is 3.20. The van der Waals surface area contributed by atoms with Crippen LogP contribution in [0.1, 0.15) is 49.5 Å². The molecule has 3 atom stereocenters. The van der Waals surface area contributed by atoms with E-state index in [2.05, 4.69) is 16.5 Å². The first kappa shape index (κ1) is 16.3. The minimum atomic E-state index is -0.224. The fourth-order valence-corrected chi connectivity index (χ4v) is 4.11. The number of carbonyl (C=O) groups excluding carboxylic acids is 1. The molecule has 25 heavy (non-hydrogen) atoms. The summed E-state index contributed by atoms with van der Waals surface area (Å²) in [6, 6.07) is 6.92. The molecule has 2 aromatic rings. The van der Waals surface area contributed by atoms with Gasteiger partial charge in [-0.2, -0.15) is 0 Å². The van der Waals surface area contributed by atoms with Gasteiger partial charge in [-0.05, 0) is 42.9 Å². The lowest BCUT2D eigenvalue weighted by Crippen LogP contribution is -2.41. The average molecular weight is 341 g/mol. The van der Waals surface area contributed by atoms with Crippen molar-refractivity contribution in [3.05, 3.63) is 53.9 Å². The fourth-order valence-electron chi connectivity index (χ4n) is 4.11. The molecule has 4 rings (SSSR count). The highest BCUT2D eigenvalue weighted by Crippen LogP contribution is 2.48. The number of halogens is 1. The van der Waals surface area contributed by atoms with Crippen molar-refractivity contribution in [3.8, 4) is 0 Å². The quantitative estimate of drug-likeness (QED) is 0.853. The monoisotopic (exact) mass is 341 g/mol. The zero-order chi connectivity index (χ0) is 17.4. The molecular weight excluding hydrogens is 317 g/mol. The Kier molecular flexibility index (Phi) is 4.32. The fraction of sp³-hybridized carbons (Fsp3) is 0.500. The molecule has 0 spiro atoms. The van der Waals surface area contributed by atoms with Crippen LogP contribution in [0.25, 0.3) is 0 Å². The van der Waals surface area contributed by atoms with E-state index in [1.807, 2.05) is 29.4 Å². The molecule has 1 aliphatic heterocycles. The van der Waals surface area contributed by atoms with Crippen LogP contribution < -0.4 is 0 Å². The van der Waals surface area contributed by atoms with Crippen LogP contribution in [0, 0.1) is 11.7 Å². The predicted octanol–water partition coefficient (Wildman–Crippen LogP) is 3.55. The van der Waals surface area contributed by atoms with E-state index in [1.165, 1.54) is 12.1 Å². The molecule has 2 aliphatic rings. The lowest BCUT2D eigenvalue weighted by Gasteiger charge is -2.34. The molecule has 0 unspecified atom stereocenters. The summed E-state index contributed by atoms with van der Waals surface area (Å²) in [5, 5.41) is 0. The lowest BCUT2D eigenvalue weighted by atomic mass is 10.0. The smallest absolute Gasteiger partial charge is 0.226 e. The number of benzene rings is 1. The summed E-state index contributed by atoms with van der Waals surface area (Å²) in [5.41, 5.74) is 1.08. The van der Waals surface area contributed by atoms with Gasteiger partial charge in [0.05, 0.1) is 6.04 Å². The lowest BCUT2D eigenvalue weighted by molar-refractivity contribution is -0.134. The van der Waals surface area contributed by atoms with Gasteiger partial charge in [-0.1, -0.05) is 19.1 Å². The number of imidazole rings is 1. The minimum absolute atomic E-state index is 0.0673. The van der Waals surface area contributed by atoms with Crippen molar-refractivity contribution in [2.45, 2.75) is 44.6 Å². The van der Waals surface area contributed by atoms with Crippen LogP contribution >= 0.6 is 0 Å². The molecule has 1 saturated carbocycles. The molecule has 132 valence electrons. The number of aromatic nitrogens is 2. The molecule has 1 saturated heterocycles. The number of aryl methyl sites for hydroxylation is 1. The Bertz CT molecular complexity index is 755. The standard InChI is InChI=1S/C20H24FN3O/c1-2-19-22-9-11-24(19)16-4-3-10-23(13-16)20(25)18-12-17(18)14-5-7-15(21)8-6-14/h5-9,11,16-18H,2-4,10,12-13H2,1H3/t16-,17+,18-/m1/s1. The number of carbonyl (C=O) groups is 1. The first-order valence-electron chi connectivity index (χ1n) is 9.23. The van der Waals surface area contributed by atoms with Crippen LogP contribution in [0.2, 0.25) is 0 Å². The second kappa shape index (κ2) is 6.62. The maximum absolute atomic E-state index is 13.1. The summed E-state index contributed by atoms with van der Waals surface area (Å²) >= 11 is 0. The number of likely N-dealkylation sites (tertiary alicyclic amines) is 1. The van der Waals surface area contributed by atoms with E-state index in [4.69, 9.17) is 0 Å². The van der Waals surface area contributed by atoms with Crippen LogP contribution in [0.5, 0.6) is 0 Å². The van der Waals surface area contributed by atoms with Gasteiger partial charge in [0.1, 0.15) is 11.6 Å². The summed E-state index contributed by atoms with van der Waals surface area (Å²) in [6.07, 6.45) is 7.81. The summed E-state index contributed by atoms with van der Waals surface area (Å²) in [7, 11) is 0. The van der Waals surface area contributed by atoms with E-state index in [0.717, 1.165) is 50.2 Å². The predicted molar refractivity (Wildman–Crippen MR) is 93.7 cm³/mol. The third-order valence-electron chi connectivity index (χ3n) is 5.57. The largest absolute Gasteiger partial charge is 0.340 e. The van der Waals surface area contributed by atoms with Crippen LogP contribution in [0.4, 0.5) is 4.39 Å². The molecule has 2 heterocycles. The molecule has 1 aromatic carbocycles. The molecule has 1 aromatic heterocycles. The highest BCUT2D eigenvalue weighted by atomic mass is 19.1. The van der Waals surface area contributed by atoms with Gasteiger partial charge < -0.3 is 9.47 Å². The first-order chi connectivity index (χ1) is 12.2. The van der Waals surface area contributed by atoms with Gasteiger partial charge in [0.25, 0.3) is 0 Å². The van der Waals surface area contributed by atoms with E-state index in [-0.39, 0.29) is 23.6 Å². The zero-order valence-corrected chi connectivity index (χ0v) is 14.6. The molecule has 1 aliphatic carbocycles. The van der Waals surface area contributed by atoms with Gasteiger partial charge in [0, 0.05) is 37.8 Å². The van der Waals surface area contributed by atoms with Crippen molar-refractivity contribution in [1.29, 1.82) is 0 Å². The molecule has 2 fully saturated rings.